The zero-order chi connectivity index (χ0) is 63.1. The Labute approximate surface area is 537 Å². The second kappa shape index (κ2) is 28.9. The number of aryl methyl sites for hydroxylation is 2. The fourth-order valence-electron chi connectivity index (χ4n) is 10.5. The average Bonchev–Trinajstić information content (AvgIpc) is 1.77. The summed E-state index contributed by atoms with van der Waals surface area (Å²) in [5, 5.41) is 43.1. The second-order valence-corrected chi connectivity index (χ2v) is 25.1. The molecular weight excluding hydrogens is 1250 g/mol. The summed E-state index contributed by atoms with van der Waals surface area (Å²) in [6.45, 7) is 13.1. The number of fused-ring (bicyclic) bond motifs is 2. The van der Waals surface area contributed by atoms with Crippen molar-refractivity contribution in [3.05, 3.63) is 159 Å². The lowest BCUT2D eigenvalue weighted by Crippen LogP contribution is -2.41. The summed E-state index contributed by atoms with van der Waals surface area (Å²) in [4.78, 5) is 55.4. The highest BCUT2D eigenvalue weighted by molar-refractivity contribution is 9.10. The van der Waals surface area contributed by atoms with E-state index in [0.717, 1.165) is 101 Å². The van der Waals surface area contributed by atoms with Gasteiger partial charge in [0.15, 0.2) is 10.3 Å². The number of piperidine rings is 2. The molecule has 90 heavy (non-hydrogen) atoms. The molecule has 0 unspecified atom stereocenters. The van der Waals surface area contributed by atoms with Crippen LogP contribution in [0.2, 0.25) is 0 Å². The summed E-state index contributed by atoms with van der Waals surface area (Å²) in [5.41, 5.74) is 7.41. The molecule has 8 aromatic heterocycles. The molecule has 2 aromatic carbocycles. The van der Waals surface area contributed by atoms with Gasteiger partial charge in [-0.1, -0.05) is 50.0 Å². The third-order valence-corrected chi connectivity index (χ3v) is 17.5. The van der Waals surface area contributed by atoms with E-state index in [2.05, 4.69) is 70.8 Å². The maximum Gasteiger partial charge on any atom is 0.489 e. The number of anilines is 4. The first-order valence-electron chi connectivity index (χ1n) is 29.0. The molecule has 0 radical (unpaired) electrons. The highest BCUT2D eigenvalue weighted by Crippen LogP contribution is 2.39. The third-order valence-electron chi connectivity index (χ3n) is 15.1. The molecule has 10 aromatic rings. The number of hydrogen-bond donors (Lipinski definition) is 3. The minimum absolute atomic E-state index is 0. The van der Waals surface area contributed by atoms with Gasteiger partial charge in [-0.3, -0.25) is 8.80 Å². The molecule has 10 heterocycles. The lowest BCUT2D eigenvalue weighted by atomic mass is 9.82. The van der Waals surface area contributed by atoms with Gasteiger partial charge in [-0.15, -0.1) is 0 Å². The molecule has 2 saturated heterocycles. The van der Waals surface area contributed by atoms with Crippen LogP contribution in [0.4, 0.5) is 35.5 Å². The summed E-state index contributed by atoms with van der Waals surface area (Å²) >= 11 is 5.86. The van der Waals surface area contributed by atoms with E-state index in [4.69, 9.17) is 24.7 Å². The molecular formula is C64H68BBrF2N16O4S2. The topological polar surface area (TPSA) is 248 Å². The number of nitriles is 2. The molecule has 464 valence electrons. The van der Waals surface area contributed by atoms with Gasteiger partial charge in [0.1, 0.15) is 85.1 Å². The van der Waals surface area contributed by atoms with Gasteiger partial charge in [-0.2, -0.15) is 10.5 Å². The number of hydrogen-bond acceptors (Lipinski definition) is 19. The zero-order valence-electron chi connectivity index (χ0n) is 50.1. The van der Waals surface area contributed by atoms with Crippen molar-refractivity contribution in [1.29, 1.82) is 10.5 Å². The number of carbonyl (C=O) groups excluding carboxylic acids is 1. The van der Waals surface area contributed by atoms with Gasteiger partial charge >= 0.3 is 13.2 Å². The lowest BCUT2D eigenvalue weighted by molar-refractivity contribution is 0.0203. The number of rotatable bonds is 12. The average molecular weight is 1320 g/mol. The van der Waals surface area contributed by atoms with Gasteiger partial charge in [0, 0.05) is 98.5 Å². The van der Waals surface area contributed by atoms with E-state index in [9.17, 15) is 34.1 Å². The van der Waals surface area contributed by atoms with E-state index in [1.54, 1.807) is 64.3 Å². The predicted molar refractivity (Wildman–Crippen MR) is 352 cm³/mol. The Kier molecular flexibility index (Phi) is 21.1. The van der Waals surface area contributed by atoms with Gasteiger partial charge in [0.05, 0.1) is 15.9 Å². The van der Waals surface area contributed by atoms with Crippen molar-refractivity contribution in [2.24, 2.45) is 0 Å². The largest absolute Gasteiger partial charge is 0.489 e. The maximum absolute atomic E-state index is 13.5. The molecule has 0 saturated carbocycles. The van der Waals surface area contributed by atoms with Gasteiger partial charge in [0.25, 0.3) is 0 Å². The number of thiazole rings is 2. The Bertz CT molecular complexity index is 4190. The standard InChI is InChI=1S/C29H27FN8S.C20H17BFN5O2S.C14H20BrN3O2.CH4/c1-3-23-28(37(2)29-36-26(24(14-31)39-29)18-4-7-22(30)8-5-18)38-17-20(6-9-25(38)35-23)21-15-33-27(34-16-21)19-10-12-32-13-11-19;1-3-15-19(27-11-13(21(28)29)6-9-17(27)24-15)26(2)20-25-18(16(10-23)30-20)12-4-7-14(22)8-5-12;1-14(2,3)20-13(19)18-6-4-10(5-7-18)12-16-8-11(15)9-17-12;/h4-9,15-17,19,32H,3,10-13H2,1-2H3;4-9,11,28-29H,3H2,1-2H3;8-10H,4-7H2,1-3H3;1H4. The normalized spacial score (nSPS) is 13.5. The Morgan fingerprint density at radius 3 is 1.58 bits per heavy atom. The molecule has 0 atom stereocenters. The van der Waals surface area contributed by atoms with Crippen molar-refractivity contribution in [2.45, 2.75) is 98.0 Å². The number of likely N-dealkylation sites (tertiary alicyclic amines) is 1. The minimum atomic E-state index is -1.60. The van der Waals surface area contributed by atoms with Crippen LogP contribution in [0.3, 0.4) is 0 Å². The smallest absolute Gasteiger partial charge is 0.444 e. The van der Waals surface area contributed by atoms with E-state index in [0.29, 0.717) is 85.0 Å². The number of halogens is 3. The predicted octanol–water partition coefficient (Wildman–Crippen LogP) is 12.2. The number of ether oxygens (including phenoxy) is 1. The van der Waals surface area contributed by atoms with E-state index >= 15 is 0 Å². The highest BCUT2D eigenvalue weighted by atomic mass is 79.9. The number of carbonyl (C=O) groups is 1. The summed E-state index contributed by atoms with van der Waals surface area (Å²) in [5.74, 6) is 3.41. The van der Waals surface area contributed by atoms with Crippen molar-refractivity contribution >= 4 is 90.5 Å². The highest BCUT2D eigenvalue weighted by Gasteiger charge is 2.30. The van der Waals surface area contributed by atoms with Crippen LogP contribution in [0, 0.1) is 34.3 Å². The van der Waals surface area contributed by atoms with Gasteiger partial charge < -0.3 is 34.8 Å². The molecule has 20 nitrogen and oxygen atoms in total. The van der Waals surface area contributed by atoms with Crippen LogP contribution in [0.25, 0.3) is 44.9 Å². The third kappa shape index (κ3) is 15.0. The van der Waals surface area contributed by atoms with Crippen LogP contribution < -0.4 is 20.6 Å². The fraction of sp³-hybridized carbons (Fsp3) is 0.328. The number of pyridine rings is 2. The van der Waals surface area contributed by atoms with Crippen LogP contribution in [-0.2, 0) is 17.6 Å². The van der Waals surface area contributed by atoms with Crippen LogP contribution in [-0.4, -0.2) is 123 Å². The van der Waals surface area contributed by atoms with Crippen LogP contribution in [0.5, 0.6) is 0 Å². The first-order valence-corrected chi connectivity index (χ1v) is 31.4. The first-order chi connectivity index (χ1) is 42.8. The number of aromatic nitrogens is 10. The van der Waals surface area contributed by atoms with Crippen LogP contribution in [0.15, 0.2) is 114 Å². The SMILES string of the molecule is C.CC(C)(C)OC(=O)N1CCC(c2ncc(Br)cn2)CC1.CCc1nc2ccc(-c3cnc(C4CCNCC4)nc3)cn2c1N(C)c1nc(-c2ccc(F)cc2)c(C#N)s1.CCc1nc2ccc(B(O)O)cn2c1N(C)c1nc(-c2ccc(F)cc2)c(C#N)s1. The molecule has 2 fully saturated rings. The monoisotopic (exact) mass is 1320 g/mol. The summed E-state index contributed by atoms with van der Waals surface area (Å²) in [6, 6.07) is 23.7. The van der Waals surface area contributed by atoms with Gasteiger partial charge in [0.2, 0.25) is 0 Å². The molecule has 12 rings (SSSR count). The fourth-order valence-corrected chi connectivity index (χ4v) is 12.4. The number of nitrogens with one attached hydrogen (secondary N) is 1. The van der Waals surface area contributed by atoms with Crippen molar-refractivity contribution in [2.75, 3.05) is 50.1 Å². The number of imidazole rings is 2. The van der Waals surface area contributed by atoms with Crippen molar-refractivity contribution in [3.8, 4) is 45.8 Å². The number of amides is 1. The molecule has 0 aliphatic carbocycles. The van der Waals surface area contributed by atoms with Gasteiger partial charge in [-0.05, 0) is 161 Å². The van der Waals surface area contributed by atoms with Crippen LogP contribution >= 0.6 is 38.6 Å². The van der Waals surface area contributed by atoms with E-state index in [-0.39, 0.29) is 25.2 Å². The van der Waals surface area contributed by atoms with Crippen LogP contribution in [0.1, 0.15) is 112 Å². The maximum atomic E-state index is 13.5. The molecule has 3 N–H and O–H groups in total. The summed E-state index contributed by atoms with van der Waals surface area (Å²) in [6.07, 6.45) is 16.0. The van der Waals surface area contributed by atoms with E-state index < -0.39 is 12.7 Å². The Hall–Kier alpha value is -8.63. The second-order valence-electron chi connectivity index (χ2n) is 22.2. The Morgan fingerprint density at radius 1 is 0.678 bits per heavy atom. The Balaban J connectivity index is 0.000000168. The Morgan fingerprint density at radius 2 is 1.12 bits per heavy atom. The number of benzene rings is 2. The van der Waals surface area contributed by atoms with E-state index in [1.807, 2.05) is 76.1 Å². The molecule has 26 heteroatoms. The zero-order valence-corrected chi connectivity index (χ0v) is 53.3. The summed E-state index contributed by atoms with van der Waals surface area (Å²) < 4.78 is 36.9. The van der Waals surface area contributed by atoms with Gasteiger partial charge in [-0.25, -0.2) is 53.4 Å². The quantitative estimate of drug-likeness (QED) is 0.0962. The molecule has 1 amide bonds. The first kappa shape index (κ1) is 65.8. The number of nitrogens with zero attached hydrogens (tertiary/aromatic N) is 15. The minimum Gasteiger partial charge on any atom is -0.444 e. The molecule has 0 bridgehead atoms. The van der Waals surface area contributed by atoms with Crippen molar-refractivity contribution in [1.82, 2.24) is 58.9 Å². The van der Waals surface area contributed by atoms with E-state index in [1.165, 1.54) is 46.9 Å². The molecule has 2 aliphatic heterocycles. The molecule has 2 aliphatic rings. The van der Waals surface area contributed by atoms with Crippen molar-refractivity contribution in [3.63, 3.8) is 0 Å². The summed E-state index contributed by atoms with van der Waals surface area (Å²) in [7, 11) is 2.15. The van der Waals surface area contributed by atoms with Crippen molar-refractivity contribution < 1.29 is 28.4 Å². The lowest BCUT2D eigenvalue weighted by Gasteiger charge is -2.32. The molecule has 0 spiro atoms.